The van der Waals surface area contributed by atoms with E-state index in [-0.39, 0.29) is 0 Å². The summed E-state index contributed by atoms with van der Waals surface area (Å²) >= 11 is 9.46. The third-order valence-electron chi connectivity index (χ3n) is 2.10. The highest BCUT2D eigenvalue weighted by molar-refractivity contribution is 9.09. The highest BCUT2D eigenvalue weighted by Crippen LogP contribution is 2.22. The zero-order chi connectivity index (χ0) is 12.0. The molecule has 1 atom stereocenters. The molecule has 1 aromatic carbocycles. The van der Waals surface area contributed by atoms with Gasteiger partial charge in [0.05, 0.1) is 11.7 Å². The van der Waals surface area contributed by atoms with Gasteiger partial charge in [-0.1, -0.05) is 40.5 Å². The molecule has 0 heterocycles. The Morgan fingerprint density at radius 3 is 2.88 bits per heavy atom. The van der Waals surface area contributed by atoms with Crippen molar-refractivity contribution in [3.8, 4) is 0 Å². The predicted octanol–water partition coefficient (Wildman–Crippen LogP) is 4.33. The number of anilines is 1. The largest absolute Gasteiger partial charge is 0.262 e. The van der Waals surface area contributed by atoms with Crippen LogP contribution in [0.2, 0.25) is 5.02 Å². The van der Waals surface area contributed by atoms with E-state index < -0.39 is 0 Å². The van der Waals surface area contributed by atoms with Gasteiger partial charge >= 0.3 is 0 Å². The number of rotatable bonds is 5. The van der Waals surface area contributed by atoms with Crippen molar-refractivity contribution in [1.29, 1.82) is 0 Å². The van der Waals surface area contributed by atoms with E-state index in [0.29, 0.717) is 6.04 Å². The summed E-state index contributed by atoms with van der Waals surface area (Å²) in [6.07, 6.45) is 2.83. The summed E-state index contributed by atoms with van der Waals surface area (Å²) in [5.74, 6) is 0. The average molecular weight is 304 g/mol. The van der Waals surface area contributed by atoms with Gasteiger partial charge in [0.1, 0.15) is 0 Å². The number of nitrogens with zero attached hydrogens (tertiary/aromatic N) is 2. The Morgan fingerprint density at radius 1 is 1.56 bits per heavy atom. The van der Waals surface area contributed by atoms with Gasteiger partial charge in [0, 0.05) is 16.6 Å². The van der Waals surface area contributed by atoms with Crippen molar-refractivity contribution < 1.29 is 0 Å². The van der Waals surface area contributed by atoms with Crippen LogP contribution in [0.25, 0.3) is 0 Å². The zero-order valence-corrected chi connectivity index (χ0v) is 11.9. The van der Waals surface area contributed by atoms with Crippen molar-refractivity contribution in [2.45, 2.75) is 26.3 Å². The lowest BCUT2D eigenvalue weighted by Gasteiger charge is -2.25. The van der Waals surface area contributed by atoms with Crippen LogP contribution in [0.15, 0.2) is 29.4 Å². The maximum Gasteiger partial charge on any atom is 0.0612 e. The molecule has 0 aliphatic rings. The summed E-state index contributed by atoms with van der Waals surface area (Å²) in [5, 5.41) is 8.01. The molecule has 16 heavy (non-hydrogen) atoms. The van der Waals surface area contributed by atoms with Crippen molar-refractivity contribution >= 4 is 39.4 Å². The van der Waals surface area contributed by atoms with Gasteiger partial charge in [-0.05, 0) is 31.5 Å². The molecule has 4 heteroatoms. The molecule has 0 radical (unpaired) electrons. The maximum absolute atomic E-state index is 5.98. The highest BCUT2D eigenvalue weighted by atomic mass is 79.9. The van der Waals surface area contributed by atoms with Crippen LogP contribution in [-0.2, 0) is 0 Å². The van der Waals surface area contributed by atoms with Gasteiger partial charge in [-0.25, -0.2) is 0 Å². The number of benzene rings is 1. The van der Waals surface area contributed by atoms with Gasteiger partial charge in [0.25, 0.3) is 0 Å². The summed E-state index contributed by atoms with van der Waals surface area (Å²) in [7, 11) is 0. The van der Waals surface area contributed by atoms with E-state index >= 15 is 0 Å². The monoisotopic (exact) mass is 302 g/mol. The minimum absolute atomic E-state index is 0.293. The molecular weight excluding hydrogens is 288 g/mol. The van der Waals surface area contributed by atoms with Crippen LogP contribution in [0.1, 0.15) is 20.3 Å². The molecule has 1 aromatic rings. The van der Waals surface area contributed by atoms with Gasteiger partial charge in [-0.15, -0.1) is 0 Å². The Kier molecular flexibility index (Phi) is 5.85. The van der Waals surface area contributed by atoms with Crippen LogP contribution < -0.4 is 5.01 Å². The van der Waals surface area contributed by atoms with E-state index in [1.807, 2.05) is 35.5 Å². The molecule has 0 fully saturated rings. The smallest absolute Gasteiger partial charge is 0.0612 e. The molecule has 0 aliphatic carbocycles. The fourth-order valence-electron chi connectivity index (χ4n) is 1.29. The first kappa shape index (κ1) is 13.5. The van der Waals surface area contributed by atoms with Gasteiger partial charge in [0.2, 0.25) is 0 Å². The van der Waals surface area contributed by atoms with E-state index in [0.717, 1.165) is 22.5 Å². The highest BCUT2D eigenvalue weighted by Gasteiger charge is 2.12. The van der Waals surface area contributed by atoms with Crippen LogP contribution in [-0.4, -0.2) is 17.6 Å². The second-order valence-electron chi connectivity index (χ2n) is 3.53. The molecule has 0 bridgehead atoms. The Labute approximate surface area is 110 Å². The molecule has 0 saturated carbocycles. The third-order valence-corrected chi connectivity index (χ3v) is 3.27. The van der Waals surface area contributed by atoms with E-state index in [2.05, 4.69) is 34.9 Å². The summed E-state index contributed by atoms with van der Waals surface area (Å²) in [5.41, 5.74) is 1.02. The minimum atomic E-state index is 0.293. The van der Waals surface area contributed by atoms with E-state index in [1.54, 1.807) is 0 Å². The lowest BCUT2D eigenvalue weighted by Crippen LogP contribution is -2.29. The molecule has 1 rings (SSSR count). The van der Waals surface area contributed by atoms with Crippen molar-refractivity contribution in [2.75, 3.05) is 10.3 Å². The summed E-state index contributed by atoms with van der Waals surface area (Å²) < 4.78 is 0. The number of hydrazone groups is 1. The fourth-order valence-corrected chi connectivity index (χ4v) is 1.75. The molecule has 0 aliphatic heterocycles. The quantitative estimate of drug-likeness (QED) is 0.449. The minimum Gasteiger partial charge on any atom is -0.262 e. The lowest BCUT2D eigenvalue weighted by atomic mass is 10.2. The van der Waals surface area contributed by atoms with Crippen LogP contribution >= 0.6 is 27.5 Å². The number of halogens is 2. The van der Waals surface area contributed by atoms with Crippen molar-refractivity contribution in [1.82, 2.24) is 0 Å². The van der Waals surface area contributed by atoms with Crippen molar-refractivity contribution in [3.05, 3.63) is 29.3 Å². The lowest BCUT2D eigenvalue weighted by molar-refractivity contribution is 0.727. The number of hydrogen-bond acceptors (Lipinski definition) is 2. The fraction of sp³-hybridized carbons (Fsp3) is 0.417. The van der Waals surface area contributed by atoms with E-state index in [4.69, 9.17) is 11.6 Å². The first-order valence-electron chi connectivity index (χ1n) is 5.32. The van der Waals surface area contributed by atoms with Gasteiger partial charge in [-0.2, -0.15) is 5.10 Å². The third kappa shape index (κ3) is 3.80. The molecular formula is C12H16BrClN2. The van der Waals surface area contributed by atoms with Crippen LogP contribution in [0.5, 0.6) is 0 Å². The molecule has 0 saturated heterocycles. The Morgan fingerprint density at radius 2 is 2.31 bits per heavy atom. The first-order valence-corrected chi connectivity index (χ1v) is 6.82. The number of alkyl halides is 1. The van der Waals surface area contributed by atoms with Gasteiger partial charge in [0.15, 0.2) is 0 Å². The molecule has 0 aromatic heterocycles. The normalized spacial score (nSPS) is 13.0. The second-order valence-corrected chi connectivity index (χ2v) is 4.62. The topological polar surface area (TPSA) is 15.6 Å². The SMILES string of the molecule is CC/C=N\N(c1cccc(Cl)c1)C(C)CBr. The Balaban J connectivity index is 2.96. The zero-order valence-electron chi connectivity index (χ0n) is 9.53. The van der Waals surface area contributed by atoms with Gasteiger partial charge < -0.3 is 0 Å². The van der Waals surface area contributed by atoms with Gasteiger partial charge in [-0.3, -0.25) is 5.01 Å². The Hall–Kier alpha value is -0.540. The molecule has 88 valence electrons. The molecule has 0 N–H and O–H groups in total. The molecule has 2 nitrogen and oxygen atoms in total. The summed E-state index contributed by atoms with van der Waals surface area (Å²) in [6, 6.07) is 8.03. The standard InChI is InChI=1S/C12H16BrClN2/c1-3-7-15-16(10(2)9-13)12-6-4-5-11(14)8-12/h4-8,10H,3,9H2,1-2H3/b15-7-. The van der Waals surface area contributed by atoms with Crippen molar-refractivity contribution in [3.63, 3.8) is 0 Å². The molecule has 0 spiro atoms. The second kappa shape index (κ2) is 6.92. The summed E-state index contributed by atoms with van der Waals surface area (Å²) in [4.78, 5) is 0. The molecule has 0 amide bonds. The van der Waals surface area contributed by atoms with Crippen LogP contribution in [0, 0.1) is 0 Å². The maximum atomic E-state index is 5.98. The van der Waals surface area contributed by atoms with Crippen LogP contribution in [0.4, 0.5) is 5.69 Å². The predicted molar refractivity (Wildman–Crippen MR) is 76.0 cm³/mol. The van der Waals surface area contributed by atoms with Crippen LogP contribution in [0.3, 0.4) is 0 Å². The number of hydrogen-bond donors (Lipinski definition) is 0. The van der Waals surface area contributed by atoms with Crippen molar-refractivity contribution in [2.24, 2.45) is 5.10 Å². The average Bonchev–Trinajstić information content (AvgIpc) is 2.29. The summed E-state index contributed by atoms with van der Waals surface area (Å²) in [6.45, 7) is 4.18. The Bertz CT molecular complexity index is 355. The van der Waals surface area contributed by atoms with E-state index in [9.17, 15) is 0 Å². The van der Waals surface area contributed by atoms with E-state index in [1.165, 1.54) is 0 Å². The first-order chi connectivity index (χ1) is 7.69. The molecule has 1 unspecified atom stereocenters.